The fourth-order valence-electron chi connectivity index (χ4n) is 1.87. The van der Waals surface area contributed by atoms with E-state index in [1.807, 2.05) is 27.7 Å². The second-order valence-corrected chi connectivity index (χ2v) is 4.70. The molecule has 1 rings (SSSR count). The highest BCUT2D eigenvalue weighted by Gasteiger charge is 2.24. The van der Waals surface area contributed by atoms with Crippen LogP contribution in [0.5, 0.6) is 0 Å². The van der Waals surface area contributed by atoms with E-state index in [1.165, 1.54) is 51.7 Å². The van der Waals surface area contributed by atoms with Crippen LogP contribution in [0.1, 0.15) is 73.6 Å². The van der Waals surface area contributed by atoms with E-state index in [9.17, 15) is 0 Å². The summed E-state index contributed by atoms with van der Waals surface area (Å²) in [6, 6.07) is 0. The maximum Gasteiger partial charge on any atom is 0.0150 e. The quantitative estimate of drug-likeness (QED) is 0.756. The third-order valence-electron chi connectivity index (χ3n) is 3.08. The zero-order chi connectivity index (χ0) is 13.7. The smallest absolute Gasteiger partial charge is 0.0150 e. The molecule has 0 amide bonds. The first-order valence-electron chi connectivity index (χ1n) is 7.65. The fraction of sp³-hybridized carbons (Fsp3) is 1.00. The van der Waals surface area contributed by atoms with E-state index in [-0.39, 0.29) is 5.54 Å². The lowest BCUT2D eigenvalue weighted by atomic mass is 9.91. The molecular formula is C15H36N2. The van der Waals surface area contributed by atoms with Crippen molar-refractivity contribution in [2.24, 2.45) is 5.73 Å². The van der Waals surface area contributed by atoms with Crippen molar-refractivity contribution in [1.29, 1.82) is 0 Å². The van der Waals surface area contributed by atoms with Gasteiger partial charge in [-0.3, -0.25) is 0 Å². The van der Waals surface area contributed by atoms with Gasteiger partial charge in [0.2, 0.25) is 0 Å². The first kappa shape index (κ1) is 19.3. The molecule has 0 aromatic heterocycles. The molecule has 2 nitrogen and oxygen atoms in total. The van der Waals surface area contributed by atoms with E-state index in [4.69, 9.17) is 5.73 Å². The lowest BCUT2D eigenvalue weighted by Gasteiger charge is -2.36. The van der Waals surface area contributed by atoms with Crippen LogP contribution in [-0.2, 0) is 0 Å². The molecule has 0 aliphatic carbocycles. The van der Waals surface area contributed by atoms with E-state index >= 15 is 0 Å². The minimum atomic E-state index is 0.112. The topological polar surface area (TPSA) is 29.3 Å². The van der Waals surface area contributed by atoms with E-state index in [0.717, 1.165) is 0 Å². The summed E-state index contributed by atoms with van der Waals surface area (Å²) in [6.07, 6.45) is 6.38. The number of likely N-dealkylation sites (tertiary alicyclic amines) is 1. The molecule has 0 aromatic rings. The van der Waals surface area contributed by atoms with E-state index in [2.05, 4.69) is 18.7 Å². The van der Waals surface area contributed by atoms with Crippen molar-refractivity contribution < 1.29 is 0 Å². The van der Waals surface area contributed by atoms with E-state index in [1.54, 1.807) is 0 Å². The summed E-state index contributed by atoms with van der Waals surface area (Å²) in [5.41, 5.74) is 6.18. The van der Waals surface area contributed by atoms with Crippen LogP contribution in [0.2, 0.25) is 0 Å². The third kappa shape index (κ3) is 10.8. The summed E-state index contributed by atoms with van der Waals surface area (Å²) in [6.45, 7) is 16.1. The Bertz CT molecular complexity index is 134. The standard InChI is InChI=1S/C11H24N2.2C2H6/c1-3-4-5-8-13-9-6-11(2,12)7-10-13;2*1-2/h3-10,12H2,1-2H3;2*1-2H3. The molecule has 1 aliphatic rings. The number of unbranched alkanes of at least 4 members (excludes halogenated alkanes) is 2. The number of piperidine rings is 1. The van der Waals surface area contributed by atoms with Gasteiger partial charge in [-0.1, -0.05) is 47.5 Å². The van der Waals surface area contributed by atoms with Crippen LogP contribution >= 0.6 is 0 Å². The second kappa shape index (κ2) is 12.4. The molecule has 1 fully saturated rings. The molecule has 2 heteroatoms. The van der Waals surface area contributed by atoms with Crippen LogP contribution in [0.4, 0.5) is 0 Å². The van der Waals surface area contributed by atoms with Crippen molar-refractivity contribution in [3.05, 3.63) is 0 Å². The number of nitrogens with zero attached hydrogens (tertiary/aromatic N) is 1. The van der Waals surface area contributed by atoms with Gasteiger partial charge in [0.1, 0.15) is 0 Å². The third-order valence-corrected chi connectivity index (χ3v) is 3.08. The maximum atomic E-state index is 6.07. The Morgan fingerprint density at radius 1 is 1.00 bits per heavy atom. The van der Waals surface area contributed by atoms with Gasteiger partial charge in [-0.05, 0) is 45.8 Å². The fourth-order valence-corrected chi connectivity index (χ4v) is 1.87. The summed E-state index contributed by atoms with van der Waals surface area (Å²) in [5, 5.41) is 0. The highest BCUT2D eigenvalue weighted by molar-refractivity contribution is 4.85. The van der Waals surface area contributed by atoms with Gasteiger partial charge in [-0.25, -0.2) is 0 Å². The molecule has 1 heterocycles. The van der Waals surface area contributed by atoms with Gasteiger partial charge in [-0.15, -0.1) is 0 Å². The Labute approximate surface area is 110 Å². The number of hydrogen-bond acceptors (Lipinski definition) is 2. The predicted octanol–water partition coefficient (Wildman–Crippen LogP) is 4.04. The van der Waals surface area contributed by atoms with Crippen LogP contribution in [-0.4, -0.2) is 30.1 Å². The Morgan fingerprint density at radius 2 is 1.47 bits per heavy atom. The molecule has 1 saturated heterocycles. The zero-order valence-electron chi connectivity index (χ0n) is 13.2. The van der Waals surface area contributed by atoms with Gasteiger partial charge in [-0.2, -0.15) is 0 Å². The molecule has 0 unspecified atom stereocenters. The molecule has 0 saturated carbocycles. The number of hydrogen-bond donors (Lipinski definition) is 1. The normalized spacial score (nSPS) is 18.5. The summed E-state index contributed by atoms with van der Waals surface area (Å²) in [4.78, 5) is 2.56. The molecule has 106 valence electrons. The largest absolute Gasteiger partial charge is 0.325 e. The molecule has 0 spiro atoms. The van der Waals surface area contributed by atoms with E-state index < -0.39 is 0 Å². The second-order valence-electron chi connectivity index (χ2n) is 4.70. The minimum absolute atomic E-state index is 0.112. The zero-order valence-corrected chi connectivity index (χ0v) is 13.2. The van der Waals surface area contributed by atoms with Crippen molar-refractivity contribution >= 4 is 0 Å². The Hall–Kier alpha value is -0.0800. The average Bonchev–Trinajstić information content (AvgIpc) is 2.37. The van der Waals surface area contributed by atoms with Crippen LogP contribution in [0.3, 0.4) is 0 Å². The van der Waals surface area contributed by atoms with Crippen LogP contribution < -0.4 is 5.73 Å². The molecule has 0 radical (unpaired) electrons. The van der Waals surface area contributed by atoms with Crippen molar-refractivity contribution in [3.63, 3.8) is 0 Å². The number of nitrogens with two attached hydrogens (primary N) is 1. The SMILES string of the molecule is CC.CC.CCCCCN1CCC(C)(N)CC1. The van der Waals surface area contributed by atoms with E-state index in [0.29, 0.717) is 0 Å². The Kier molecular flexibility index (Phi) is 14.0. The highest BCUT2D eigenvalue weighted by Crippen LogP contribution is 2.18. The van der Waals surface area contributed by atoms with Crippen LogP contribution in [0.15, 0.2) is 0 Å². The van der Waals surface area contributed by atoms with Gasteiger partial charge in [0.05, 0.1) is 0 Å². The molecule has 0 aromatic carbocycles. The van der Waals surface area contributed by atoms with Crippen molar-refractivity contribution in [1.82, 2.24) is 4.90 Å². The first-order valence-corrected chi connectivity index (χ1v) is 7.65. The first-order chi connectivity index (χ1) is 8.14. The van der Waals surface area contributed by atoms with Crippen molar-refractivity contribution in [3.8, 4) is 0 Å². The minimum Gasteiger partial charge on any atom is -0.325 e. The molecule has 2 N–H and O–H groups in total. The van der Waals surface area contributed by atoms with Crippen LogP contribution in [0.25, 0.3) is 0 Å². The molecule has 17 heavy (non-hydrogen) atoms. The summed E-state index contributed by atoms with van der Waals surface area (Å²) < 4.78 is 0. The highest BCUT2D eigenvalue weighted by atomic mass is 15.1. The lowest BCUT2D eigenvalue weighted by Crippen LogP contribution is -2.48. The average molecular weight is 244 g/mol. The van der Waals surface area contributed by atoms with Gasteiger partial charge < -0.3 is 10.6 Å². The van der Waals surface area contributed by atoms with Crippen molar-refractivity contribution in [2.45, 2.75) is 79.2 Å². The summed E-state index contributed by atoms with van der Waals surface area (Å²) >= 11 is 0. The van der Waals surface area contributed by atoms with Crippen LogP contribution in [0, 0.1) is 0 Å². The van der Waals surface area contributed by atoms with Gasteiger partial charge in [0.15, 0.2) is 0 Å². The number of rotatable bonds is 4. The van der Waals surface area contributed by atoms with Gasteiger partial charge in [0, 0.05) is 5.54 Å². The molecule has 0 bridgehead atoms. The predicted molar refractivity (Wildman–Crippen MR) is 80.5 cm³/mol. The monoisotopic (exact) mass is 244 g/mol. The summed E-state index contributed by atoms with van der Waals surface area (Å²) in [5.74, 6) is 0. The van der Waals surface area contributed by atoms with Crippen molar-refractivity contribution in [2.75, 3.05) is 19.6 Å². The Balaban J connectivity index is 0. The Morgan fingerprint density at radius 3 is 1.88 bits per heavy atom. The maximum absolute atomic E-state index is 6.07. The van der Waals surface area contributed by atoms with Gasteiger partial charge in [0.25, 0.3) is 0 Å². The summed E-state index contributed by atoms with van der Waals surface area (Å²) in [7, 11) is 0. The molecular weight excluding hydrogens is 208 g/mol. The molecule has 1 aliphatic heterocycles. The molecule has 0 atom stereocenters. The lowest BCUT2D eigenvalue weighted by molar-refractivity contribution is 0.169. The van der Waals surface area contributed by atoms with Gasteiger partial charge >= 0.3 is 0 Å².